The van der Waals surface area contributed by atoms with E-state index in [1.807, 2.05) is 24.3 Å². The molecular weight excluding hydrogens is 236 g/mol. The van der Waals surface area contributed by atoms with Crippen LogP contribution in [0.4, 0.5) is 0 Å². The molecule has 0 aliphatic heterocycles. The van der Waals surface area contributed by atoms with E-state index < -0.39 is 0 Å². The lowest BCUT2D eigenvalue weighted by Gasteiger charge is -1.89. The second kappa shape index (κ2) is 3.15. The van der Waals surface area contributed by atoms with Crippen molar-refractivity contribution >= 4 is 39.5 Å². The summed E-state index contributed by atoms with van der Waals surface area (Å²) in [7, 11) is 0. The number of hydrogen-bond donors (Lipinski definition) is 1. The first kappa shape index (κ1) is 8.20. The van der Waals surface area contributed by atoms with Gasteiger partial charge in [-0.2, -0.15) is 12.6 Å². The number of halogens is 1. The SMILES string of the molecule is SCc1cc2cccc(Br)c2o1. The average Bonchev–Trinajstić information content (AvgIpc) is 2.49. The minimum Gasteiger partial charge on any atom is -0.459 e. The van der Waals surface area contributed by atoms with E-state index in [-0.39, 0.29) is 0 Å². The zero-order chi connectivity index (χ0) is 8.55. The quantitative estimate of drug-likeness (QED) is 0.755. The Kier molecular flexibility index (Phi) is 2.15. The summed E-state index contributed by atoms with van der Waals surface area (Å²) in [6, 6.07) is 7.99. The predicted molar refractivity (Wildman–Crippen MR) is 56.6 cm³/mol. The van der Waals surface area contributed by atoms with Gasteiger partial charge in [0.1, 0.15) is 11.3 Å². The molecule has 2 aromatic rings. The molecule has 0 unspecified atom stereocenters. The first-order valence-corrected chi connectivity index (χ1v) is 5.01. The average molecular weight is 243 g/mol. The van der Waals surface area contributed by atoms with Crippen LogP contribution in [0.3, 0.4) is 0 Å². The third kappa shape index (κ3) is 1.27. The summed E-state index contributed by atoms with van der Waals surface area (Å²) in [5, 5.41) is 1.12. The molecule has 0 amide bonds. The molecule has 0 aliphatic carbocycles. The van der Waals surface area contributed by atoms with Crippen molar-refractivity contribution in [2.45, 2.75) is 5.75 Å². The Bertz CT molecular complexity index is 408. The Morgan fingerprint density at radius 3 is 2.92 bits per heavy atom. The summed E-state index contributed by atoms with van der Waals surface area (Å²) in [4.78, 5) is 0. The zero-order valence-corrected chi connectivity index (χ0v) is 8.73. The van der Waals surface area contributed by atoms with Crippen LogP contribution in [0, 0.1) is 0 Å². The number of hydrogen-bond acceptors (Lipinski definition) is 2. The molecule has 0 aliphatic rings. The lowest BCUT2D eigenvalue weighted by atomic mass is 10.2. The molecule has 3 heteroatoms. The third-order valence-electron chi connectivity index (χ3n) is 1.70. The molecule has 0 N–H and O–H groups in total. The number of thiol groups is 1. The van der Waals surface area contributed by atoms with Crippen molar-refractivity contribution < 1.29 is 4.42 Å². The molecule has 2 rings (SSSR count). The van der Waals surface area contributed by atoms with Gasteiger partial charge in [-0.1, -0.05) is 12.1 Å². The molecule has 1 aromatic heterocycles. The molecule has 0 bridgehead atoms. The smallest absolute Gasteiger partial charge is 0.148 e. The molecule has 1 aromatic carbocycles. The first-order chi connectivity index (χ1) is 5.81. The minimum absolute atomic E-state index is 0.640. The van der Waals surface area contributed by atoms with Crippen LogP contribution >= 0.6 is 28.6 Å². The standard InChI is InChI=1S/C9H7BrOS/c10-8-3-1-2-6-4-7(5-12)11-9(6)8/h1-4,12H,5H2. The monoisotopic (exact) mass is 242 g/mol. The fraction of sp³-hybridized carbons (Fsp3) is 0.111. The molecule has 0 saturated carbocycles. The van der Waals surface area contributed by atoms with Gasteiger partial charge in [0.15, 0.2) is 0 Å². The maximum Gasteiger partial charge on any atom is 0.148 e. The van der Waals surface area contributed by atoms with Crippen molar-refractivity contribution in [3.63, 3.8) is 0 Å². The van der Waals surface area contributed by atoms with Gasteiger partial charge in [-0.15, -0.1) is 0 Å². The zero-order valence-electron chi connectivity index (χ0n) is 6.25. The molecule has 62 valence electrons. The highest BCUT2D eigenvalue weighted by Gasteiger charge is 2.04. The maximum absolute atomic E-state index is 5.52. The van der Waals surface area contributed by atoms with E-state index >= 15 is 0 Å². The largest absolute Gasteiger partial charge is 0.459 e. The van der Waals surface area contributed by atoms with Crippen molar-refractivity contribution in [3.8, 4) is 0 Å². The highest BCUT2D eigenvalue weighted by Crippen LogP contribution is 2.27. The Hall–Kier alpha value is -0.410. The molecule has 0 fully saturated rings. The highest BCUT2D eigenvalue weighted by atomic mass is 79.9. The predicted octanol–water partition coefficient (Wildman–Crippen LogP) is 3.63. The van der Waals surface area contributed by atoms with Crippen molar-refractivity contribution in [1.29, 1.82) is 0 Å². The van der Waals surface area contributed by atoms with Gasteiger partial charge in [0.25, 0.3) is 0 Å². The number of benzene rings is 1. The Morgan fingerprint density at radius 1 is 1.42 bits per heavy atom. The Balaban J connectivity index is 2.74. The van der Waals surface area contributed by atoms with Gasteiger partial charge in [0.05, 0.1) is 4.47 Å². The maximum atomic E-state index is 5.52. The number of rotatable bonds is 1. The lowest BCUT2D eigenvalue weighted by Crippen LogP contribution is -1.64. The van der Waals surface area contributed by atoms with Crippen molar-refractivity contribution in [2.24, 2.45) is 0 Å². The van der Waals surface area contributed by atoms with E-state index in [1.54, 1.807) is 0 Å². The van der Waals surface area contributed by atoms with Crippen LogP contribution in [0.1, 0.15) is 5.76 Å². The van der Waals surface area contributed by atoms with Crippen LogP contribution in [-0.4, -0.2) is 0 Å². The molecule has 0 spiro atoms. The lowest BCUT2D eigenvalue weighted by molar-refractivity contribution is 0.573. The van der Waals surface area contributed by atoms with Gasteiger partial charge < -0.3 is 4.42 Å². The molecule has 0 atom stereocenters. The second-order valence-electron chi connectivity index (χ2n) is 2.53. The highest BCUT2D eigenvalue weighted by molar-refractivity contribution is 9.10. The van der Waals surface area contributed by atoms with Gasteiger partial charge in [-0.25, -0.2) is 0 Å². The number of para-hydroxylation sites is 1. The van der Waals surface area contributed by atoms with Gasteiger partial charge in [0.2, 0.25) is 0 Å². The van der Waals surface area contributed by atoms with Crippen LogP contribution in [0.15, 0.2) is 33.2 Å². The van der Waals surface area contributed by atoms with E-state index in [0.29, 0.717) is 5.75 Å². The van der Waals surface area contributed by atoms with Gasteiger partial charge in [0, 0.05) is 11.1 Å². The van der Waals surface area contributed by atoms with Gasteiger partial charge >= 0.3 is 0 Å². The minimum atomic E-state index is 0.640. The number of fused-ring (bicyclic) bond motifs is 1. The van der Waals surface area contributed by atoms with Crippen molar-refractivity contribution in [1.82, 2.24) is 0 Å². The Morgan fingerprint density at radius 2 is 2.25 bits per heavy atom. The summed E-state index contributed by atoms with van der Waals surface area (Å²) < 4.78 is 6.52. The van der Waals surface area contributed by atoms with E-state index in [4.69, 9.17) is 4.42 Å². The summed E-state index contributed by atoms with van der Waals surface area (Å²) in [5.41, 5.74) is 0.904. The Labute approximate surface area is 84.3 Å². The summed E-state index contributed by atoms with van der Waals surface area (Å²) in [5.74, 6) is 1.54. The van der Waals surface area contributed by atoms with E-state index in [1.165, 1.54) is 0 Å². The number of furan rings is 1. The molecule has 1 nitrogen and oxygen atoms in total. The summed E-state index contributed by atoms with van der Waals surface area (Å²) in [6.45, 7) is 0. The normalized spacial score (nSPS) is 10.8. The second-order valence-corrected chi connectivity index (χ2v) is 3.70. The van der Waals surface area contributed by atoms with Crippen molar-refractivity contribution in [2.75, 3.05) is 0 Å². The fourth-order valence-electron chi connectivity index (χ4n) is 1.16. The third-order valence-corrected chi connectivity index (χ3v) is 2.64. The van der Waals surface area contributed by atoms with Gasteiger partial charge in [-0.3, -0.25) is 0 Å². The molecular formula is C9H7BrOS. The summed E-state index contributed by atoms with van der Waals surface area (Å²) in [6.07, 6.45) is 0. The van der Waals surface area contributed by atoms with E-state index in [9.17, 15) is 0 Å². The molecule has 12 heavy (non-hydrogen) atoms. The van der Waals surface area contributed by atoms with E-state index in [2.05, 4.69) is 28.6 Å². The van der Waals surface area contributed by atoms with Crippen molar-refractivity contribution in [3.05, 3.63) is 34.5 Å². The molecule has 0 radical (unpaired) electrons. The summed E-state index contributed by atoms with van der Waals surface area (Å²) >= 11 is 7.57. The fourth-order valence-corrected chi connectivity index (χ4v) is 1.78. The van der Waals surface area contributed by atoms with Crippen LogP contribution in [-0.2, 0) is 5.75 Å². The molecule has 0 saturated heterocycles. The van der Waals surface area contributed by atoms with Crippen LogP contribution in [0.25, 0.3) is 11.0 Å². The van der Waals surface area contributed by atoms with Gasteiger partial charge in [-0.05, 0) is 28.1 Å². The van der Waals surface area contributed by atoms with Crippen LogP contribution in [0.5, 0.6) is 0 Å². The van der Waals surface area contributed by atoms with Crippen LogP contribution in [0.2, 0.25) is 0 Å². The van der Waals surface area contributed by atoms with Crippen LogP contribution < -0.4 is 0 Å². The molecule has 1 heterocycles. The van der Waals surface area contributed by atoms with E-state index in [0.717, 1.165) is 21.2 Å². The first-order valence-electron chi connectivity index (χ1n) is 3.59. The topological polar surface area (TPSA) is 13.1 Å².